The Labute approximate surface area is 110 Å². The maximum Gasteiger partial charge on any atom is 0.363 e. The number of ether oxygens (including phenoxy) is 1. The van der Waals surface area contributed by atoms with Gasteiger partial charge in [0.1, 0.15) is 0 Å². The van der Waals surface area contributed by atoms with E-state index in [9.17, 15) is 9.18 Å². The summed E-state index contributed by atoms with van der Waals surface area (Å²) in [6, 6.07) is 8.94. The summed E-state index contributed by atoms with van der Waals surface area (Å²) in [5.41, 5.74) is 0.492. The molecule has 0 N–H and O–H groups in total. The van der Waals surface area contributed by atoms with Gasteiger partial charge in [0.25, 0.3) is 0 Å². The molecule has 0 saturated carbocycles. The minimum atomic E-state index is -0.800. The first-order valence-electron chi connectivity index (χ1n) is 5.98. The highest BCUT2D eigenvalue weighted by Crippen LogP contribution is 2.19. The number of halogens is 1. The molecule has 1 atom stereocenters. The fraction of sp³-hybridized carbons (Fsp3) is 0.308. The van der Waals surface area contributed by atoms with Gasteiger partial charge >= 0.3 is 5.97 Å². The molecule has 0 bridgehead atoms. The van der Waals surface area contributed by atoms with E-state index in [1.807, 2.05) is 30.3 Å². The van der Waals surface area contributed by atoms with Crippen molar-refractivity contribution in [3.8, 4) is 0 Å². The Morgan fingerprint density at radius 3 is 2.74 bits per heavy atom. The Kier molecular flexibility index (Phi) is 3.89. The van der Waals surface area contributed by atoms with E-state index in [0.717, 1.165) is 10.2 Å². The molecule has 0 spiro atoms. The van der Waals surface area contributed by atoms with Crippen LogP contribution in [0.4, 0.5) is 4.39 Å². The quantitative estimate of drug-likeness (QED) is 0.793. The first-order chi connectivity index (χ1) is 9.15. The number of carbonyl (C=O) groups excluding carboxylic acids is 1. The number of esters is 1. The Bertz CT molecular complexity index is 569. The zero-order chi connectivity index (χ0) is 13.8. The lowest BCUT2D eigenvalue weighted by atomic mass is 10.1. The predicted molar refractivity (Wildman–Crippen MR) is 66.2 cm³/mol. The lowest BCUT2D eigenvalue weighted by Crippen LogP contribution is -2.13. The molecular formula is C13H14FN3O2. The van der Waals surface area contributed by atoms with Gasteiger partial charge < -0.3 is 4.74 Å². The third-order valence-corrected chi connectivity index (χ3v) is 2.76. The van der Waals surface area contributed by atoms with Crippen molar-refractivity contribution in [2.24, 2.45) is 0 Å². The summed E-state index contributed by atoms with van der Waals surface area (Å²) in [6.07, 6.45) is 0. The lowest BCUT2D eigenvalue weighted by Gasteiger charge is -2.11. The monoisotopic (exact) mass is 263 g/mol. The van der Waals surface area contributed by atoms with E-state index < -0.39 is 11.9 Å². The van der Waals surface area contributed by atoms with E-state index in [0.29, 0.717) is 0 Å². The summed E-state index contributed by atoms with van der Waals surface area (Å²) in [5.74, 6) is -1.58. The normalized spacial score (nSPS) is 12.2. The van der Waals surface area contributed by atoms with Crippen molar-refractivity contribution in [2.75, 3.05) is 6.61 Å². The number of hydrogen-bond acceptors (Lipinski definition) is 4. The fourth-order valence-electron chi connectivity index (χ4n) is 1.73. The third-order valence-electron chi connectivity index (χ3n) is 2.76. The van der Waals surface area contributed by atoms with E-state index in [1.54, 1.807) is 13.8 Å². The molecule has 2 aromatic rings. The SMILES string of the molecule is CCOC(=O)c1nnn([C@H](C)c2ccccc2)c1F. The number of carbonyl (C=O) groups is 1. The van der Waals surface area contributed by atoms with Gasteiger partial charge in [0.05, 0.1) is 12.6 Å². The summed E-state index contributed by atoms with van der Waals surface area (Å²) in [6.45, 7) is 3.59. The van der Waals surface area contributed by atoms with Crippen LogP contribution >= 0.6 is 0 Å². The Balaban J connectivity index is 2.29. The highest BCUT2D eigenvalue weighted by atomic mass is 19.1. The van der Waals surface area contributed by atoms with Crippen molar-refractivity contribution in [3.05, 3.63) is 47.5 Å². The highest BCUT2D eigenvalue weighted by Gasteiger charge is 2.23. The van der Waals surface area contributed by atoms with Crippen LogP contribution in [0.2, 0.25) is 0 Å². The van der Waals surface area contributed by atoms with E-state index in [2.05, 4.69) is 10.3 Å². The molecule has 0 aliphatic rings. The molecule has 100 valence electrons. The summed E-state index contributed by atoms with van der Waals surface area (Å²) < 4.78 is 19.9. The first kappa shape index (κ1) is 13.2. The number of nitrogens with zero attached hydrogens (tertiary/aromatic N) is 3. The van der Waals surface area contributed by atoms with Crippen LogP contribution < -0.4 is 0 Å². The largest absolute Gasteiger partial charge is 0.461 e. The van der Waals surface area contributed by atoms with Crippen molar-refractivity contribution in [2.45, 2.75) is 19.9 Å². The topological polar surface area (TPSA) is 57.0 Å². The number of aromatic nitrogens is 3. The molecule has 6 heteroatoms. The molecule has 0 saturated heterocycles. The molecule has 5 nitrogen and oxygen atoms in total. The van der Waals surface area contributed by atoms with Crippen molar-refractivity contribution < 1.29 is 13.9 Å². The minimum Gasteiger partial charge on any atom is -0.461 e. The summed E-state index contributed by atoms with van der Waals surface area (Å²) >= 11 is 0. The van der Waals surface area contributed by atoms with Gasteiger partial charge in [-0.25, -0.2) is 9.48 Å². The van der Waals surface area contributed by atoms with E-state index in [4.69, 9.17) is 4.74 Å². The smallest absolute Gasteiger partial charge is 0.363 e. The zero-order valence-corrected chi connectivity index (χ0v) is 10.7. The lowest BCUT2D eigenvalue weighted by molar-refractivity contribution is 0.0513. The third kappa shape index (κ3) is 2.62. The van der Waals surface area contributed by atoms with Gasteiger partial charge in [-0.2, -0.15) is 4.39 Å². The van der Waals surface area contributed by atoms with Crippen molar-refractivity contribution in [1.82, 2.24) is 15.0 Å². The van der Waals surface area contributed by atoms with E-state index >= 15 is 0 Å². The van der Waals surface area contributed by atoms with E-state index in [1.165, 1.54) is 0 Å². The van der Waals surface area contributed by atoms with Gasteiger partial charge in [-0.1, -0.05) is 35.5 Å². The van der Waals surface area contributed by atoms with Gasteiger partial charge in [0.2, 0.25) is 11.6 Å². The number of benzene rings is 1. The summed E-state index contributed by atoms with van der Waals surface area (Å²) in [4.78, 5) is 11.5. The van der Waals surface area contributed by atoms with Crippen molar-refractivity contribution in [1.29, 1.82) is 0 Å². The predicted octanol–water partition coefficient (Wildman–Crippen LogP) is 2.20. The number of hydrogen-bond donors (Lipinski definition) is 0. The number of rotatable bonds is 4. The van der Waals surface area contributed by atoms with Crippen LogP contribution in [0.5, 0.6) is 0 Å². The van der Waals surface area contributed by atoms with Gasteiger partial charge in [0, 0.05) is 0 Å². The molecule has 19 heavy (non-hydrogen) atoms. The molecule has 0 aliphatic heterocycles. The molecule has 1 aromatic heterocycles. The second kappa shape index (κ2) is 5.60. The highest BCUT2D eigenvalue weighted by molar-refractivity contribution is 5.87. The maximum atomic E-state index is 14.1. The van der Waals surface area contributed by atoms with Crippen LogP contribution in [0.25, 0.3) is 0 Å². The Morgan fingerprint density at radius 2 is 2.11 bits per heavy atom. The van der Waals surface area contributed by atoms with Gasteiger partial charge in [0.15, 0.2) is 0 Å². The van der Waals surface area contributed by atoms with E-state index in [-0.39, 0.29) is 18.3 Å². The summed E-state index contributed by atoms with van der Waals surface area (Å²) in [7, 11) is 0. The molecule has 2 rings (SSSR count). The van der Waals surface area contributed by atoms with Crippen molar-refractivity contribution >= 4 is 5.97 Å². The van der Waals surface area contributed by atoms with Crippen LogP contribution in [-0.2, 0) is 4.74 Å². The van der Waals surface area contributed by atoms with Gasteiger partial charge in [-0.05, 0) is 19.4 Å². The van der Waals surface area contributed by atoms with Crippen molar-refractivity contribution in [3.63, 3.8) is 0 Å². The summed E-state index contributed by atoms with van der Waals surface area (Å²) in [5, 5.41) is 7.23. The average Bonchev–Trinajstić information content (AvgIpc) is 2.81. The van der Waals surface area contributed by atoms with Gasteiger partial charge in [-0.3, -0.25) is 0 Å². The standard InChI is InChI=1S/C13H14FN3O2/c1-3-19-13(18)11-12(14)17(16-15-11)9(2)10-7-5-4-6-8-10/h4-9H,3H2,1-2H3/t9-/m1/s1. The molecular weight excluding hydrogens is 249 g/mol. The molecule has 0 fully saturated rings. The average molecular weight is 263 g/mol. The molecule has 0 unspecified atom stereocenters. The fourth-order valence-corrected chi connectivity index (χ4v) is 1.73. The molecule has 0 radical (unpaired) electrons. The van der Waals surface area contributed by atoms with Gasteiger partial charge in [-0.15, -0.1) is 5.10 Å². The first-order valence-corrected chi connectivity index (χ1v) is 5.98. The Morgan fingerprint density at radius 1 is 1.42 bits per heavy atom. The van der Waals surface area contributed by atoms with Crippen LogP contribution in [0, 0.1) is 5.95 Å². The molecule has 1 aromatic carbocycles. The van der Waals surface area contributed by atoms with Crippen LogP contribution in [0.15, 0.2) is 30.3 Å². The second-order valence-corrected chi connectivity index (χ2v) is 3.98. The van der Waals surface area contributed by atoms with Crippen LogP contribution in [-0.4, -0.2) is 27.6 Å². The minimum absolute atomic E-state index is 0.166. The molecule has 1 heterocycles. The Hall–Kier alpha value is -2.24. The zero-order valence-electron chi connectivity index (χ0n) is 10.7. The van der Waals surface area contributed by atoms with Crippen LogP contribution in [0.1, 0.15) is 35.9 Å². The van der Waals surface area contributed by atoms with Crippen LogP contribution in [0.3, 0.4) is 0 Å². The second-order valence-electron chi connectivity index (χ2n) is 3.98. The molecule has 0 amide bonds. The molecule has 0 aliphatic carbocycles. The maximum absolute atomic E-state index is 14.1.